The first-order chi connectivity index (χ1) is 62.8. The molecule has 604 valence electrons. The highest BCUT2D eigenvalue weighted by Gasteiger charge is 2.44. The van der Waals surface area contributed by atoms with Gasteiger partial charge in [0, 0.05) is 78.2 Å². The Morgan fingerprint density at radius 1 is 0.219 bits per heavy atom. The molecule has 0 N–H and O–H groups in total. The molecule has 0 aliphatic heterocycles. The van der Waals surface area contributed by atoms with Gasteiger partial charge in [0.15, 0.2) is 0 Å². The third-order valence-electron chi connectivity index (χ3n) is 27.6. The average molecular weight is 1640 g/mol. The van der Waals surface area contributed by atoms with Crippen LogP contribution in [0.2, 0.25) is 0 Å². The SMILES string of the molecule is CC1(C)c2ccccc2-c2nc3ccc4ccccc4c3c(-c3ccc(-c4ccc(-c5ccccc5)c5ccccc45)c4ccccc34)c21.CC1(C)c2ccccc2-c2nc3ccc4ccccc4c3c(-c3ccc(-c4cnc(-c5ccccc5)cn4)c4ccccc34)c21.CC1(C)c2ccccc2-c2nc3ccccc3c(-c3ccc(-c4cn5ccccc5n4)cc3)c21. The fourth-order valence-electron chi connectivity index (χ4n) is 21.6. The molecule has 0 unspecified atom stereocenters. The molecule has 0 fully saturated rings. The largest absolute Gasteiger partial charge is 0.306 e. The lowest BCUT2D eigenvalue weighted by Crippen LogP contribution is -2.17. The summed E-state index contributed by atoms with van der Waals surface area (Å²) in [7, 11) is 0. The van der Waals surface area contributed by atoms with Crippen LogP contribution in [0.25, 0.3) is 215 Å². The predicted molar refractivity (Wildman–Crippen MR) is 533 cm³/mol. The number of pyridine rings is 4. The van der Waals surface area contributed by atoms with Gasteiger partial charge in [-0.1, -0.05) is 393 Å². The number of para-hydroxylation sites is 1. The van der Waals surface area contributed by atoms with Crippen LogP contribution in [0.1, 0.15) is 74.9 Å². The van der Waals surface area contributed by atoms with Crippen molar-refractivity contribution in [3.05, 3.63) is 440 Å². The van der Waals surface area contributed by atoms with Crippen LogP contribution in [0, 0.1) is 0 Å². The lowest BCUT2D eigenvalue weighted by atomic mass is 9.77. The van der Waals surface area contributed by atoms with Gasteiger partial charge in [-0.15, -0.1) is 0 Å². The lowest BCUT2D eigenvalue weighted by molar-refractivity contribution is 0.661. The number of hydrogen-bond donors (Lipinski definition) is 0. The molecule has 6 heterocycles. The molecule has 7 heteroatoms. The minimum absolute atomic E-state index is 0.126. The quantitative estimate of drug-likeness (QED) is 0.141. The number of benzene rings is 17. The topological polar surface area (TPSA) is 81.8 Å². The molecule has 23 aromatic rings. The van der Waals surface area contributed by atoms with E-state index in [0.29, 0.717) is 0 Å². The Morgan fingerprint density at radius 3 is 1.08 bits per heavy atom. The van der Waals surface area contributed by atoms with E-state index < -0.39 is 0 Å². The normalized spacial score (nSPS) is 13.4. The fraction of sp³-hybridized carbons (Fsp3) is 0.0744. The molecule has 0 bridgehead atoms. The van der Waals surface area contributed by atoms with Crippen molar-refractivity contribution < 1.29 is 0 Å². The highest BCUT2D eigenvalue weighted by atomic mass is 15.0. The second kappa shape index (κ2) is 29.6. The van der Waals surface area contributed by atoms with Crippen LogP contribution in [0.4, 0.5) is 0 Å². The zero-order valence-corrected chi connectivity index (χ0v) is 71.8. The Labute approximate surface area is 742 Å². The zero-order valence-electron chi connectivity index (χ0n) is 71.8. The third kappa shape index (κ3) is 11.9. The van der Waals surface area contributed by atoms with Crippen molar-refractivity contribution in [1.82, 2.24) is 34.3 Å². The van der Waals surface area contributed by atoms with Gasteiger partial charge in [0.05, 0.1) is 63.1 Å². The van der Waals surface area contributed by atoms with Gasteiger partial charge in [-0.3, -0.25) is 9.97 Å². The Hall–Kier alpha value is -16.0. The minimum Gasteiger partial charge on any atom is -0.306 e. The Balaban J connectivity index is 0.000000109. The summed E-state index contributed by atoms with van der Waals surface area (Å²) >= 11 is 0. The number of nitrogens with zero attached hydrogens (tertiary/aromatic N) is 7. The molecule has 0 radical (unpaired) electrons. The Morgan fingerprint density at radius 2 is 0.578 bits per heavy atom. The Kier molecular flexibility index (Phi) is 17.5. The monoisotopic (exact) mass is 1640 g/mol. The van der Waals surface area contributed by atoms with Crippen LogP contribution < -0.4 is 0 Å². The van der Waals surface area contributed by atoms with E-state index in [1.54, 1.807) is 0 Å². The standard InChI is InChI=1S/C48H33N.C42H29N3.C31H23N3/c1-48(2)42-23-13-12-22-41(42)47-46(48)45(44-33-17-7-6-16-31(33)24-29-43(44)49-47)40-28-27-39(36-20-10-11-21-37(36)40)38-26-25-32(30-14-4-3-5-15-30)34-18-8-9-19-35(34)38;1-42(2)34-19-11-10-18-33(34)41-40(42)39(38-28-15-7-6-12-26(28)20-23-35(38)45-41)32-22-21-31(29-16-8-9-17-30(29)32)37-25-43-36(24-44-37)27-13-4-3-5-14-27;1-31(2)24-11-5-3-9-22(24)30-29(31)28(23-10-4-6-12-25(23)33-30)21-16-14-20(15-17-21)26-19-34-18-8-7-13-27(34)32-26/h3-29H,1-2H3;3-25H,1-2H3;3-19H,1-2H3. The third-order valence-corrected chi connectivity index (χ3v) is 27.6. The van der Waals surface area contributed by atoms with E-state index in [0.717, 1.165) is 78.4 Å². The first-order valence-corrected chi connectivity index (χ1v) is 44.3. The summed E-state index contributed by atoms with van der Waals surface area (Å²) < 4.78 is 2.06. The van der Waals surface area contributed by atoms with Crippen LogP contribution in [0.15, 0.2) is 407 Å². The second-order valence-corrected chi connectivity index (χ2v) is 35.8. The molecule has 0 saturated carbocycles. The average Bonchev–Trinajstić information content (AvgIpc) is 1.47. The van der Waals surface area contributed by atoms with Crippen molar-refractivity contribution >= 4 is 92.2 Å². The predicted octanol–water partition coefficient (Wildman–Crippen LogP) is 31.2. The maximum Gasteiger partial charge on any atom is 0.137 e. The lowest BCUT2D eigenvalue weighted by Gasteiger charge is -2.26. The van der Waals surface area contributed by atoms with Crippen LogP contribution >= 0.6 is 0 Å². The second-order valence-electron chi connectivity index (χ2n) is 35.8. The zero-order chi connectivity index (χ0) is 85.7. The van der Waals surface area contributed by atoms with E-state index in [1.165, 1.54) is 170 Å². The highest BCUT2D eigenvalue weighted by Crippen LogP contribution is 2.59. The van der Waals surface area contributed by atoms with Gasteiger partial charge in [0.25, 0.3) is 0 Å². The van der Waals surface area contributed by atoms with Crippen molar-refractivity contribution in [1.29, 1.82) is 0 Å². The van der Waals surface area contributed by atoms with E-state index in [9.17, 15) is 0 Å². The Bertz CT molecular complexity index is 8480. The molecule has 3 aliphatic rings. The van der Waals surface area contributed by atoms with Gasteiger partial charge in [0.2, 0.25) is 0 Å². The van der Waals surface area contributed by atoms with Crippen LogP contribution in [0.5, 0.6) is 0 Å². The number of fused-ring (bicyclic) bond motifs is 20. The van der Waals surface area contributed by atoms with Crippen LogP contribution in [-0.2, 0) is 16.2 Å². The van der Waals surface area contributed by atoms with E-state index >= 15 is 0 Å². The van der Waals surface area contributed by atoms with E-state index in [4.69, 9.17) is 29.9 Å². The number of hydrogen-bond acceptors (Lipinski definition) is 6. The molecule has 3 aliphatic carbocycles. The highest BCUT2D eigenvalue weighted by molar-refractivity contribution is 6.22. The van der Waals surface area contributed by atoms with Gasteiger partial charge in [-0.05, 0) is 173 Å². The van der Waals surface area contributed by atoms with Gasteiger partial charge >= 0.3 is 0 Å². The van der Waals surface area contributed by atoms with E-state index in [1.807, 2.05) is 55.0 Å². The molecule has 0 spiro atoms. The van der Waals surface area contributed by atoms with Gasteiger partial charge < -0.3 is 4.40 Å². The van der Waals surface area contributed by atoms with Gasteiger partial charge in [-0.25, -0.2) is 19.9 Å². The summed E-state index contributed by atoms with van der Waals surface area (Å²) in [5, 5.41) is 15.9. The molecule has 0 saturated heterocycles. The summed E-state index contributed by atoms with van der Waals surface area (Å²) in [6, 6.07) is 137. The minimum atomic E-state index is -0.224. The molecular weight excluding hydrogens is 1550 g/mol. The van der Waals surface area contributed by atoms with Crippen molar-refractivity contribution in [2.45, 2.75) is 57.8 Å². The maximum absolute atomic E-state index is 5.44. The first kappa shape index (κ1) is 75.8. The van der Waals surface area contributed by atoms with Crippen molar-refractivity contribution in [2.24, 2.45) is 0 Å². The smallest absolute Gasteiger partial charge is 0.137 e. The molecule has 0 amide bonds. The fourth-order valence-corrected chi connectivity index (χ4v) is 21.6. The summed E-state index contributed by atoms with van der Waals surface area (Å²) in [5.74, 6) is 0. The molecule has 6 aromatic heterocycles. The number of aromatic nitrogens is 7. The van der Waals surface area contributed by atoms with Crippen molar-refractivity contribution in [3.63, 3.8) is 0 Å². The van der Waals surface area contributed by atoms with Crippen molar-refractivity contribution in [3.8, 4) is 123 Å². The van der Waals surface area contributed by atoms with E-state index in [2.05, 4.69) is 398 Å². The molecular formula is C121H85N7. The number of rotatable bonds is 8. The van der Waals surface area contributed by atoms with Gasteiger partial charge in [0.1, 0.15) is 5.65 Å². The van der Waals surface area contributed by atoms with Gasteiger partial charge in [-0.2, -0.15) is 0 Å². The summed E-state index contributed by atoms with van der Waals surface area (Å²) in [6.07, 6.45) is 7.90. The van der Waals surface area contributed by atoms with Crippen molar-refractivity contribution in [2.75, 3.05) is 0 Å². The molecule has 0 atom stereocenters. The summed E-state index contributed by atoms with van der Waals surface area (Å²) in [4.78, 5) is 30.5. The van der Waals surface area contributed by atoms with Crippen LogP contribution in [-0.4, -0.2) is 34.3 Å². The molecule has 26 rings (SSSR count). The molecule has 17 aromatic carbocycles. The molecule has 7 nitrogen and oxygen atoms in total. The summed E-state index contributed by atoms with van der Waals surface area (Å²) in [5.41, 5.74) is 36.9. The van der Waals surface area contributed by atoms with E-state index in [-0.39, 0.29) is 16.2 Å². The summed E-state index contributed by atoms with van der Waals surface area (Å²) in [6.45, 7) is 14.1. The van der Waals surface area contributed by atoms with Crippen LogP contribution in [0.3, 0.4) is 0 Å². The maximum atomic E-state index is 5.44. The first-order valence-electron chi connectivity index (χ1n) is 44.3. The molecule has 128 heavy (non-hydrogen) atoms. The number of imidazole rings is 1.